The molecule has 1 saturated heterocycles. The number of rotatable bonds is 4. The lowest BCUT2D eigenvalue weighted by Crippen LogP contribution is -2.34. The van der Waals surface area contributed by atoms with Crippen LogP contribution in [0.4, 0.5) is 5.82 Å². The summed E-state index contributed by atoms with van der Waals surface area (Å²) in [6, 6.07) is 2.01. The molecule has 0 unspecified atom stereocenters. The van der Waals surface area contributed by atoms with Gasteiger partial charge in [-0.3, -0.25) is 9.89 Å². The Morgan fingerprint density at radius 2 is 1.91 bits per heavy atom. The van der Waals surface area contributed by atoms with Crippen LogP contribution in [0.15, 0.2) is 6.07 Å². The average molecular weight is 327 g/mol. The van der Waals surface area contributed by atoms with Crippen molar-refractivity contribution in [3.8, 4) is 0 Å². The number of piperidine rings is 1. The molecule has 124 valence electrons. The van der Waals surface area contributed by atoms with Gasteiger partial charge in [-0.15, -0.1) is 12.4 Å². The van der Waals surface area contributed by atoms with Crippen molar-refractivity contribution >= 4 is 24.1 Å². The molecule has 1 amide bonds. The molecule has 1 aromatic rings. The second-order valence-electron chi connectivity index (χ2n) is 6.50. The fourth-order valence-corrected chi connectivity index (χ4v) is 3.54. The molecule has 2 fully saturated rings. The number of hydrogen-bond donors (Lipinski definition) is 3. The minimum Gasteiger partial charge on any atom is -0.317 e. The Morgan fingerprint density at radius 1 is 1.18 bits per heavy atom. The molecule has 1 saturated carbocycles. The third-order valence-corrected chi connectivity index (χ3v) is 4.83. The van der Waals surface area contributed by atoms with Crippen LogP contribution in [-0.2, 0) is 11.2 Å². The number of hydrogen-bond acceptors (Lipinski definition) is 3. The van der Waals surface area contributed by atoms with Crippen molar-refractivity contribution in [2.24, 2.45) is 11.8 Å². The topological polar surface area (TPSA) is 69.8 Å². The van der Waals surface area contributed by atoms with Crippen LogP contribution in [-0.4, -0.2) is 29.2 Å². The van der Waals surface area contributed by atoms with Crippen molar-refractivity contribution in [3.05, 3.63) is 11.8 Å². The molecule has 0 radical (unpaired) electrons. The number of nitrogens with zero attached hydrogens (tertiary/aromatic N) is 1. The molecule has 0 aromatic carbocycles. The number of amides is 1. The summed E-state index contributed by atoms with van der Waals surface area (Å²) < 4.78 is 0. The van der Waals surface area contributed by atoms with E-state index in [-0.39, 0.29) is 24.2 Å². The van der Waals surface area contributed by atoms with E-state index in [1.165, 1.54) is 32.1 Å². The summed E-state index contributed by atoms with van der Waals surface area (Å²) >= 11 is 0. The Kier molecular flexibility index (Phi) is 6.70. The van der Waals surface area contributed by atoms with Gasteiger partial charge in [0, 0.05) is 17.7 Å². The van der Waals surface area contributed by atoms with Crippen LogP contribution in [0, 0.1) is 11.8 Å². The van der Waals surface area contributed by atoms with Gasteiger partial charge in [-0.25, -0.2) is 0 Å². The van der Waals surface area contributed by atoms with Gasteiger partial charge in [-0.05, 0) is 38.3 Å². The zero-order valence-corrected chi connectivity index (χ0v) is 13.9. The third kappa shape index (κ3) is 4.71. The summed E-state index contributed by atoms with van der Waals surface area (Å²) in [6.07, 6.45) is 9.67. The maximum absolute atomic E-state index is 12.2. The Hall–Kier alpha value is -1.07. The van der Waals surface area contributed by atoms with Crippen LogP contribution >= 0.6 is 12.4 Å². The van der Waals surface area contributed by atoms with E-state index < -0.39 is 0 Å². The number of carbonyl (C=O) groups is 1. The van der Waals surface area contributed by atoms with Gasteiger partial charge in [-0.2, -0.15) is 5.10 Å². The van der Waals surface area contributed by atoms with Crippen LogP contribution in [0.25, 0.3) is 0 Å². The summed E-state index contributed by atoms with van der Waals surface area (Å²) in [7, 11) is 0. The Balaban J connectivity index is 0.00000176. The van der Waals surface area contributed by atoms with E-state index >= 15 is 0 Å². The van der Waals surface area contributed by atoms with Gasteiger partial charge >= 0.3 is 0 Å². The second-order valence-corrected chi connectivity index (χ2v) is 6.50. The molecule has 2 heterocycles. The van der Waals surface area contributed by atoms with Gasteiger partial charge in [0.1, 0.15) is 0 Å². The monoisotopic (exact) mass is 326 g/mol. The van der Waals surface area contributed by atoms with Gasteiger partial charge in [0.2, 0.25) is 5.91 Å². The van der Waals surface area contributed by atoms with Gasteiger partial charge in [-0.1, -0.05) is 32.1 Å². The number of halogens is 1. The normalized spacial score (nSPS) is 20.4. The zero-order valence-electron chi connectivity index (χ0n) is 13.1. The highest BCUT2D eigenvalue weighted by Gasteiger charge is 2.22. The number of H-pyrrole nitrogens is 1. The summed E-state index contributed by atoms with van der Waals surface area (Å²) in [6.45, 7) is 1.87. The van der Waals surface area contributed by atoms with E-state index in [0.717, 1.165) is 44.0 Å². The van der Waals surface area contributed by atoms with E-state index in [2.05, 4.69) is 20.8 Å². The van der Waals surface area contributed by atoms with Crippen molar-refractivity contribution in [1.82, 2.24) is 15.5 Å². The number of nitrogens with one attached hydrogen (secondary N) is 3. The van der Waals surface area contributed by atoms with Gasteiger partial charge < -0.3 is 10.6 Å². The van der Waals surface area contributed by atoms with Crippen molar-refractivity contribution in [3.63, 3.8) is 0 Å². The van der Waals surface area contributed by atoms with Crippen LogP contribution < -0.4 is 10.6 Å². The molecule has 1 aliphatic carbocycles. The minimum atomic E-state index is 0. The zero-order chi connectivity index (χ0) is 14.5. The fraction of sp³-hybridized carbons (Fsp3) is 0.750. The first-order chi connectivity index (χ1) is 10.3. The number of carbonyl (C=O) groups excluding carboxylic acids is 1. The molecule has 0 spiro atoms. The largest absolute Gasteiger partial charge is 0.317 e. The minimum absolute atomic E-state index is 0. The predicted octanol–water partition coefficient (Wildman–Crippen LogP) is 2.89. The van der Waals surface area contributed by atoms with Gasteiger partial charge in [0.15, 0.2) is 5.82 Å². The van der Waals surface area contributed by atoms with Gasteiger partial charge in [0.05, 0.1) is 0 Å². The van der Waals surface area contributed by atoms with Gasteiger partial charge in [0.25, 0.3) is 0 Å². The quantitative estimate of drug-likeness (QED) is 0.796. The smallest absolute Gasteiger partial charge is 0.228 e. The van der Waals surface area contributed by atoms with Crippen LogP contribution in [0.5, 0.6) is 0 Å². The van der Waals surface area contributed by atoms with E-state index in [1.807, 2.05) is 6.07 Å². The lowest BCUT2D eigenvalue weighted by atomic mass is 9.86. The van der Waals surface area contributed by atoms with Crippen molar-refractivity contribution < 1.29 is 4.79 Å². The van der Waals surface area contributed by atoms with Crippen LogP contribution in [0.1, 0.15) is 50.6 Å². The van der Waals surface area contributed by atoms with Crippen molar-refractivity contribution in [2.75, 3.05) is 18.4 Å². The molecule has 2 aliphatic rings. The fourth-order valence-electron chi connectivity index (χ4n) is 3.54. The molecule has 22 heavy (non-hydrogen) atoms. The van der Waals surface area contributed by atoms with E-state index in [1.54, 1.807) is 0 Å². The summed E-state index contributed by atoms with van der Waals surface area (Å²) in [4.78, 5) is 12.2. The molecule has 6 heteroatoms. The van der Waals surface area contributed by atoms with Crippen molar-refractivity contribution in [2.45, 2.75) is 51.4 Å². The number of aromatic nitrogens is 2. The molecule has 0 atom stereocenters. The first-order valence-corrected chi connectivity index (χ1v) is 8.37. The summed E-state index contributed by atoms with van der Waals surface area (Å²) in [5, 5.41) is 13.6. The molecule has 0 bridgehead atoms. The Bertz CT molecular complexity index is 464. The molecular formula is C16H27ClN4O. The van der Waals surface area contributed by atoms with Crippen LogP contribution in [0.3, 0.4) is 0 Å². The highest BCUT2D eigenvalue weighted by molar-refractivity contribution is 5.91. The molecule has 1 aromatic heterocycles. The van der Waals surface area contributed by atoms with E-state index in [9.17, 15) is 4.79 Å². The summed E-state index contributed by atoms with van der Waals surface area (Å²) in [5.41, 5.74) is 1.16. The Labute approximate surface area is 138 Å². The van der Waals surface area contributed by atoms with E-state index in [4.69, 9.17) is 0 Å². The Morgan fingerprint density at radius 3 is 2.64 bits per heavy atom. The molecule has 3 N–H and O–H groups in total. The number of aromatic amines is 1. The van der Waals surface area contributed by atoms with Crippen molar-refractivity contribution in [1.29, 1.82) is 0 Å². The lowest BCUT2D eigenvalue weighted by Gasteiger charge is -2.21. The molecule has 1 aliphatic heterocycles. The number of anilines is 1. The first-order valence-electron chi connectivity index (χ1n) is 8.37. The SMILES string of the molecule is Cl.O=C(Nc1cc(CC2CCCCC2)[nH]n1)C1CCNCC1. The lowest BCUT2D eigenvalue weighted by molar-refractivity contribution is -0.120. The second kappa shape index (κ2) is 8.53. The van der Waals surface area contributed by atoms with E-state index in [0.29, 0.717) is 5.82 Å². The summed E-state index contributed by atoms with van der Waals surface area (Å²) in [5.74, 6) is 1.72. The first kappa shape index (κ1) is 17.3. The average Bonchev–Trinajstić information content (AvgIpc) is 2.96. The maximum Gasteiger partial charge on any atom is 0.228 e. The molecular weight excluding hydrogens is 300 g/mol. The highest BCUT2D eigenvalue weighted by atomic mass is 35.5. The maximum atomic E-state index is 12.2. The molecule has 5 nitrogen and oxygen atoms in total. The standard InChI is InChI=1S/C16H26N4O.ClH/c21-16(13-6-8-17-9-7-13)18-15-11-14(19-20-15)10-12-4-2-1-3-5-12;/h11-13,17H,1-10H2,(H2,18,19,20,21);1H. The van der Waals surface area contributed by atoms with Crippen LogP contribution in [0.2, 0.25) is 0 Å². The third-order valence-electron chi connectivity index (χ3n) is 4.83. The predicted molar refractivity (Wildman–Crippen MR) is 90.3 cm³/mol. The highest BCUT2D eigenvalue weighted by Crippen LogP contribution is 2.26. The molecule has 3 rings (SSSR count).